The van der Waals surface area contributed by atoms with E-state index < -0.39 is 11.9 Å². The molecule has 1 aromatic heterocycles. The Balaban J connectivity index is 1.65. The number of ether oxygens (including phenoxy) is 2. The largest absolute Gasteiger partial charge is 0.486 e. The van der Waals surface area contributed by atoms with Gasteiger partial charge in [0.25, 0.3) is 0 Å². The van der Waals surface area contributed by atoms with Gasteiger partial charge in [-0.25, -0.2) is 9.97 Å². The van der Waals surface area contributed by atoms with Crippen molar-refractivity contribution in [2.24, 2.45) is 0 Å². The summed E-state index contributed by atoms with van der Waals surface area (Å²) in [5.74, 6) is 1.46. The van der Waals surface area contributed by atoms with Gasteiger partial charge in [-0.3, -0.25) is 0 Å². The van der Waals surface area contributed by atoms with Crippen LogP contribution in [0.15, 0.2) is 30.5 Å². The van der Waals surface area contributed by atoms with Gasteiger partial charge in [-0.15, -0.1) is 0 Å². The molecule has 4 rings (SSSR count). The number of anilines is 1. The van der Waals surface area contributed by atoms with E-state index in [0.717, 1.165) is 30.7 Å². The molecule has 2 aromatic rings. The van der Waals surface area contributed by atoms with Gasteiger partial charge in [0.2, 0.25) is 5.95 Å². The maximum absolute atomic E-state index is 12.9. The number of aromatic nitrogens is 2. The molecule has 3 heterocycles. The smallest absolute Gasteiger partial charge is 0.433 e. The van der Waals surface area contributed by atoms with Gasteiger partial charge in [0, 0.05) is 12.7 Å². The second-order valence-corrected chi connectivity index (χ2v) is 5.99. The lowest BCUT2D eigenvalue weighted by Crippen LogP contribution is -2.26. The van der Waals surface area contributed by atoms with Crippen LogP contribution in [0.4, 0.5) is 19.1 Å². The number of hydrogen-bond acceptors (Lipinski definition) is 5. The first-order valence-corrected chi connectivity index (χ1v) is 8.09. The van der Waals surface area contributed by atoms with Crippen molar-refractivity contribution in [2.75, 3.05) is 24.7 Å². The van der Waals surface area contributed by atoms with E-state index in [2.05, 4.69) is 9.97 Å². The fourth-order valence-corrected chi connectivity index (χ4v) is 3.26. The molecule has 0 aliphatic carbocycles. The zero-order valence-corrected chi connectivity index (χ0v) is 13.3. The SMILES string of the molecule is FC(F)(F)c1ccnc(N2CCCC2c2ccc3c(c2)OCCO3)n1. The molecule has 2 aliphatic heterocycles. The van der Waals surface area contributed by atoms with E-state index in [1.54, 1.807) is 0 Å². The molecule has 25 heavy (non-hydrogen) atoms. The summed E-state index contributed by atoms with van der Waals surface area (Å²) in [5, 5.41) is 0. The van der Waals surface area contributed by atoms with E-state index >= 15 is 0 Å². The molecule has 0 spiro atoms. The van der Waals surface area contributed by atoms with Crippen molar-refractivity contribution in [1.82, 2.24) is 9.97 Å². The van der Waals surface area contributed by atoms with E-state index in [9.17, 15) is 13.2 Å². The minimum Gasteiger partial charge on any atom is -0.486 e. The van der Waals surface area contributed by atoms with Gasteiger partial charge >= 0.3 is 6.18 Å². The monoisotopic (exact) mass is 351 g/mol. The summed E-state index contributed by atoms with van der Waals surface area (Å²) in [5.41, 5.74) is 0.0353. The van der Waals surface area contributed by atoms with Crippen LogP contribution in [0, 0.1) is 0 Å². The Kier molecular flexibility index (Phi) is 3.89. The highest BCUT2D eigenvalue weighted by molar-refractivity contribution is 5.47. The topological polar surface area (TPSA) is 47.5 Å². The Morgan fingerprint density at radius 1 is 1.08 bits per heavy atom. The third-order valence-corrected chi connectivity index (χ3v) is 4.39. The minimum atomic E-state index is -4.48. The van der Waals surface area contributed by atoms with Crippen molar-refractivity contribution in [2.45, 2.75) is 25.1 Å². The fraction of sp³-hybridized carbons (Fsp3) is 0.412. The van der Waals surface area contributed by atoms with E-state index in [1.165, 1.54) is 0 Å². The van der Waals surface area contributed by atoms with Crippen LogP contribution in [0.1, 0.15) is 30.1 Å². The molecule has 1 saturated heterocycles. The van der Waals surface area contributed by atoms with Crippen LogP contribution in [0.2, 0.25) is 0 Å². The molecule has 1 atom stereocenters. The molecule has 0 amide bonds. The quantitative estimate of drug-likeness (QED) is 0.827. The molecular weight excluding hydrogens is 335 g/mol. The van der Waals surface area contributed by atoms with E-state index in [1.807, 2.05) is 23.1 Å². The average Bonchev–Trinajstić information content (AvgIpc) is 3.10. The second kappa shape index (κ2) is 6.09. The number of rotatable bonds is 2. The number of hydrogen-bond donors (Lipinski definition) is 0. The van der Waals surface area contributed by atoms with Crippen LogP contribution in [0.3, 0.4) is 0 Å². The Labute approximate surface area is 142 Å². The molecular formula is C17H16F3N3O2. The lowest BCUT2D eigenvalue weighted by atomic mass is 10.0. The van der Waals surface area contributed by atoms with Crippen LogP contribution < -0.4 is 14.4 Å². The second-order valence-electron chi connectivity index (χ2n) is 5.99. The van der Waals surface area contributed by atoms with Gasteiger partial charge in [-0.1, -0.05) is 6.07 Å². The maximum Gasteiger partial charge on any atom is 0.433 e. The molecule has 0 radical (unpaired) electrons. The number of alkyl halides is 3. The van der Waals surface area contributed by atoms with Crippen molar-refractivity contribution < 1.29 is 22.6 Å². The molecule has 1 aromatic carbocycles. The van der Waals surface area contributed by atoms with Crippen molar-refractivity contribution in [3.8, 4) is 11.5 Å². The summed E-state index contributed by atoms with van der Waals surface area (Å²) in [7, 11) is 0. The third-order valence-electron chi connectivity index (χ3n) is 4.39. The summed E-state index contributed by atoms with van der Waals surface area (Å²) in [6, 6.07) is 6.46. The van der Waals surface area contributed by atoms with Gasteiger partial charge < -0.3 is 14.4 Å². The highest BCUT2D eigenvalue weighted by Crippen LogP contribution is 2.39. The van der Waals surface area contributed by atoms with Crippen LogP contribution >= 0.6 is 0 Å². The summed E-state index contributed by atoms with van der Waals surface area (Å²) in [6.07, 6.45) is -1.65. The molecule has 5 nitrogen and oxygen atoms in total. The molecule has 1 unspecified atom stereocenters. The summed E-state index contributed by atoms with van der Waals surface area (Å²) in [6.45, 7) is 1.61. The average molecular weight is 351 g/mol. The van der Waals surface area contributed by atoms with Gasteiger partial charge in [0.1, 0.15) is 18.9 Å². The van der Waals surface area contributed by atoms with Crippen LogP contribution in [-0.2, 0) is 6.18 Å². The predicted molar refractivity (Wildman–Crippen MR) is 83.8 cm³/mol. The minimum absolute atomic E-state index is 0.0840. The first kappa shape index (κ1) is 16.0. The Morgan fingerprint density at radius 3 is 2.68 bits per heavy atom. The van der Waals surface area contributed by atoms with Crippen molar-refractivity contribution >= 4 is 5.95 Å². The number of nitrogens with zero attached hydrogens (tertiary/aromatic N) is 3. The number of fused-ring (bicyclic) bond motifs is 1. The first-order chi connectivity index (χ1) is 12.0. The Morgan fingerprint density at radius 2 is 1.88 bits per heavy atom. The van der Waals surface area contributed by atoms with Gasteiger partial charge in [0.15, 0.2) is 11.5 Å². The standard InChI is InChI=1S/C17H16F3N3O2/c18-17(19,20)15-5-6-21-16(22-15)23-7-1-2-12(23)11-3-4-13-14(10-11)25-9-8-24-13/h3-6,10,12H,1-2,7-9H2. The summed E-state index contributed by atoms with van der Waals surface area (Å²) < 4.78 is 49.9. The van der Waals surface area contributed by atoms with Crippen LogP contribution in [0.5, 0.6) is 11.5 Å². The van der Waals surface area contributed by atoms with Gasteiger partial charge in [0.05, 0.1) is 6.04 Å². The fourth-order valence-electron chi connectivity index (χ4n) is 3.26. The molecule has 8 heteroatoms. The van der Waals surface area contributed by atoms with Crippen molar-refractivity contribution in [1.29, 1.82) is 0 Å². The molecule has 0 bridgehead atoms. The highest BCUT2D eigenvalue weighted by Gasteiger charge is 2.35. The molecule has 0 N–H and O–H groups in total. The molecule has 1 fully saturated rings. The normalized spacial score (nSPS) is 20.0. The van der Waals surface area contributed by atoms with Crippen molar-refractivity contribution in [3.63, 3.8) is 0 Å². The van der Waals surface area contributed by atoms with E-state index in [-0.39, 0.29) is 12.0 Å². The molecule has 132 valence electrons. The van der Waals surface area contributed by atoms with E-state index in [0.29, 0.717) is 31.3 Å². The number of halogens is 3. The lowest BCUT2D eigenvalue weighted by molar-refractivity contribution is -0.141. The lowest BCUT2D eigenvalue weighted by Gasteiger charge is -2.27. The zero-order chi connectivity index (χ0) is 17.4. The number of benzene rings is 1. The summed E-state index contributed by atoms with van der Waals surface area (Å²) in [4.78, 5) is 9.60. The van der Waals surface area contributed by atoms with Crippen LogP contribution in [-0.4, -0.2) is 29.7 Å². The van der Waals surface area contributed by atoms with Gasteiger partial charge in [-0.2, -0.15) is 13.2 Å². The van der Waals surface area contributed by atoms with Gasteiger partial charge in [-0.05, 0) is 36.6 Å². The van der Waals surface area contributed by atoms with E-state index in [4.69, 9.17) is 9.47 Å². The zero-order valence-electron chi connectivity index (χ0n) is 13.3. The summed E-state index contributed by atoms with van der Waals surface area (Å²) >= 11 is 0. The first-order valence-electron chi connectivity index (χ1n) is 8.09. The molecule has 2 aliphatic rings. The maximum atomic E-state index is 12.9. The van der Waals surface area contributed by atoms with Crippen molar-refractivity contribution in [3.05, 3.63) is 41.7 Å². The van der Waals surface area contributed by atoms with Crippen LogP contribution in [0.25, 0.3) is 0 Å². The Hall–Kier alpha value is -2.51. The Bertz CT molecular complexity index is 782. The predicted octanol–water partition coefficient (Wildman–Crippen LogP) is 3.61. The highest BCUT2D eigenvalue weighted by atomic mass is 19.4. The third kappa shape index (κ3) is 3.08. The molecule has 0 saturated carbocycles.